The molecule has 0 radical (unpaired) electrons. The zero-order chi connectivity index (χ0) is 12.1. The largest absolute Gasteiger partial charge is 0.432 e. The highest BCUT2D eigenvalue weighted by atomic mass is 16.7. The highest BCUT2D eigenvalue weighted by molar-refractivity contribution is 5.89. The van der Waals surface area contributed by atoms with Gasteiger partial charge in [-0.15, -0.1) is 0 Å². The average molecular weight is 222 g/mol. The molecular formula is C13H18O3. The summed E-state index contributed by atoms with van der Waals surface area (Å²) < 4.78 is 10.4. The molecule has 0 aromatic heterocycles. The summed E-state index contributed by atoms with van der Waals surface area (Å²) in [5, 5.41) is 0. The van der Waals surface area contributed by atoms with Gasteiger partial charge in [0.2, 0.25) is 6.29 Å². The molecule has 16 heavy (non-hydrogen) atoms. The van der Waals surface area contributed by atoms with E-state index in [4.69, 9.17) is 9.47 Å². The minimum Gasteiger partial charge on any atom is -0.432 e. The van der Waals surface area contributed by atoms with Crippen LogP contribution in [0.4, 0.5) is 0 Å². The lowest BCUT2D eigenvalue weighted by Crippen LogP contribution is -2.21. The number of carbonyl (C=O) groups excluding carboxylic acids is 1. The van der Waals surface area contributed by atoms with E-state index in [1.807, 2.05) is 32.9 Å². The fourth-order valence-electron chi connectivity index (χ4n) is 1.32. The van der Waals surface area contributed by atoms with Crippen molar-refractivity contribution in [2.45, 2.75) is 40.1 Å². The summed E-state index contributed by atoms with van der Waals surface area (Å²) in [4.78, 5) is 11.6. The second-order valence-electron chi connectivity index (χ2n) is 4.02. The Labute approximate surface area is 96.4 Å². The fraction of sp³-hybridized carbons (Fsp3) is 0.462. The molecule has 1 unspecified atom stereocenters. The molecule has 0 heterocycles. The summed E-state index contributed by atoms with van der Waals surface area (Å²) in [5.74, 6) is -0.354. The van der Waals surface area contributed by atoms with Gasteiger partial charge in [0.25, 0.3) is 0 Å². The van der Waals surface area contributed by atoms with Crippen molar-refractivity contribution >= 4 is 5.97 Å². The molecule has 0 aliphatic heterocycles. The first kappa shape index (κ1) is 12.7. The number of hydrogen-bond acceptors (Lipinski definition) is 3. The molecule has 0 amide bonds. The van der Waals surface area contributed by atoms with E-state index in [1.165, 1.54) is 0 Å². The zero-order valence-corrected chi connectivity index (χ0v) is 10.2. The first-order chi connectivity index (χ1) is 7.49. The number of rotatable bonds is 4. The Balaban J connectivity index is 2.55. The second kappa shape index (κ2) is 5.66. The average Bonchev–Trinajstić information content (AvgIpc) is 2.16. The Hall–Kier alpha value is -1.35. The van der Waals surface area contributed by atoms with E-state index in [0.717, 1.165) is 5.56 Å². The van der Waals surface area contributed by atoms with Gasteiger partial charge in [-0.05, 0) is 39.8 Å². The van der Waals surface area contributed by atoms with Crippen LogP contribution in [-0.2, 0) is 9.47 Å². The van der Waals surface area contributed by atoms with Crippen LogP contribution in [-0.4, -0.2) is 18.4 Å². The van der Waals surface area contributed by atoms with Crippen LogP contribution in [0.3, 0.4) is 0 Å². The van der Waals surface area contributed by atoms with Crippen molar-refractivity contribution in [3.8, 4) is 0 Å². The van der Waals surface area contributed by atoms with E-state index < -0.39 is 6.29 Å². The highest BCUT2D eigenvalue weighted by Gasteiger charge is 2.12. The molecule has 1 aromatic carbocycles. The van der Waals surface area contributed by atoms with Gasteiger partial charge in [0.05, 0.1) is 11.7 Å². The molecule has 0 fully saturated rings. The predicted octanol–water partition coefficient (Wildman–Crippen LogP) is 2.92. The number of aryl methyl sites for hydroxylation is 1. The van der Waals surface area contributed by atoms with Gasteiger partial charge in [-0.3, -0.25) is 0 Å². The van der Waals surface area contributed by atoms with Crippen molar-refractivity contribution in [3.63, 3.8) is 0 Å². The zero-order valence-electron chi connectivity index (χ0n) is 10.2. The van der Waals surface area contributed by atoms with Crippen LogP contribution in [0, 0.1) is 6.92 Å². The molecule has 1 aromatic rings. The monoisotopic (exact) mass is 222 g/mol. The summed E-state index contributed by atoms with van der Waals surface area (Å²) in [6, 6.07) is 7.26. The summed E-state index contributed by atoms with van der Waals surface area (Å²) in [6.07, 6.45) is -0.477. The Morgan fingerprint density at radius 2 is 1.69 bits per heavy atom. The smallest absolute Gasteiger partial charge is 0.340 e. The first-order valence-electron chi connectivity index (χ1n) is 5.42. The number of carbonyl (C=O) groups is 1. The minimum atomic E-state index is -0.520. The second-order valence-corrected chi connectivity index (χ2v) is 4.02. The predicted molar refractivity (Wildman–Crippen MR) is 62.3 cm³/mol. The summed E-state index contributed by atoms with van der Waals surface area (Å²) >= 11 is 0. The van der Waals surface area contributed by atoms with E-state index in [-0.39, 0.29) is 12.1 Å². The Bertz CT molecular complexity index is 341. The molecule has 3 heteroatoms. The van der Waals surface area contributed by atoms with Gasteiger partial charge in [-0.2, -0.15) is 0 Å². The molecule has 88 valence electrons. The standard InChI is InChI=1S/C13H18O3/c1-9(2)15-11(4)16-13(14)12-7-5-10(3)6-8-12/h5-9,11H,1-4H3. The summed E-state index contributed by atoms with van der Waals surface area (Å²) in [6.45, 7) is 7.48. The number of ether oxygens (including phenoxy) is 2. The lowest BCUT2D eigenvalue weighted by molar-refractivity contribution is -0.120. The molecule has 0 bridgehead atoms. The first-order valence-corrected chi connectivity index (χ1v) is 5.42. The number of esters is 1. The quantitative estimate of drug-likeness (QED) is 0.580. The van der Waals surface area contributed by atoms with Gasteiger partial charge in [0.1, 0.15) is 0 Å². The van der Waals surface area contributed by atoms with Gasteiger partial charge >= 0.3 is 5.97 Å². The van der Waals surface area contributed by atoms with E-state index in [1.54, 1.807) is 19.1 Å². The van der Waals surface area contributed by atoms with E-state index in [2.05, 4.69) is 0 Å². The topological polar surface area (TPSA) is 35.5 Å². The van der Waals surface area contributed by atoms with Crippen molar-refractivity contribution in [3.05, 3.63) is 35.4 Å². The maximum Gasteiger partial charge on any atom is 0.340 e. The molecule has 1 rings (SSSR count). The van der Waals surface area contributed by atoms with Crippen molar-refractivity contribution in [1.29, 1.82) is 0 Å². The van der Waals surface area contributed by atoms with Crippen LogP contribution >= 0.6 is 0 Å². The summed E-state index contributed by atoms with van der Waals surface area (Å²) in [7, 11) is 0. The molecule has 0 aliphatic carbocycles. The molecule has 3 nitrogen and oxygen atoms in total. The Morgan fingerprint density at radius 1 is 1.12 bits per heavy atom. The van der Waals surface area contributed by atoms with Gasteiger partial charge in [-0.25, -0.2) is 4.79 Å². The van der Waals surface area contributed by atoms with Gasteiger partial charge < -0.3 is 9.47 Å². The van der Waals surface area contributed by atoms with E-state index >= 15 is 0 Å². The molecular weight excluding hydrogens is 204 g/mol. The molecule has 0 aliphatic rings. The Kier molecular flexibility index (Phi) is 4.50. The SMILES string of the molecule is Cc1ccc(C(=O)OC(C)OC(C)C)cc1. The fourth-order valence-corrected chi connectivity index (χ4v) is 1.32. The van der Waals surface area contributed by atoms with Crippen molar-refractivity contribution in [1.82, 2.24) is 0 Å². The van der Waals surface area contributed by atoms with Crippen LogP contribution in [0.1, 0.15) is 36.7 Å². The Morgan fingerprint density at radius 3 is 2.19 bits per heavy atom. The highest BCUT2D eigenvalue weighted by Crippen LogP contribution is 2.08. The molecule has 0 saturated carbocycles. The van der Waals surface area contributed by atoms with Gasteiger partial charge in [0, 0.05) is 0 Å². The third-order valence-corrected chi connectivity index (χ3v) is 2.02. The van der Waals surface area contributed by atoms with E-state index in [9.17, 15) is 4.79 Å². The van der Waals surface area contributed by atoms with Gasteiger partial charge in [0.15, 0.2) is 0 Å². The summed E-state index contributed by atoms with van der Waals surface area (Å²) in [5.41, 5.74) is 1.66. The van der Waals surface area contributed by atoms with Crippen molar-refractivity contribution in [2.24, 2.45) is 0 Å². The van der Waals surface area contributed by atoms with Crippen molar-refractivity contribution in [2.75, 3.05) is 0 Å². The normalized spacial score (nSPS) is 12.6. The van der Waals surface area contributed by atoms with E-state index in [0.29, 0.717) is 5.56 Å². The third kappa shape index (κ3) is 4.03. The van der Waals surface area contributed by atoms with Crippen LogP contribution < -0.4 is 0 Å². The van der Waals surface area contributed by atoms with Crippen LogP contribution in [0.2, 0.25) is 0 Å². The van der Waals surface area contributed by atoms with Crippen LogP contribution in [0.15, 0.2) is 24.3 Å². The number of hydrogen-bond donors (Lipinski definition) is 0. The van der Waals surface area contributed by atoms with Crippen LogP contribution in [0.25, 0.3) is 0 Å². The lowest BCUT2D eigenvalue weighted by Gasteiger charge is -2.16. The minimum absolute atomic E-state index is 0.0424. The molecule has 0 saturated heterocycles. The maximum absolute atomic E-state index is 11.6. The molecule has 1 atom stereocenters. The maximum atomic E-state index is 11.6. The lowest BCUT2D eigenvalue weighted by atomic mass is 10.1. The third-order valence-electron chi connectivity index (χ3n) is 2.02. The van der Waals surface area contributed by atoms with Crippen molar-refractivity contribution < 1.29 is 14.3 Å². The van der Waals surface area contributed by atoms with Gasteiger partial charge in [-0.1, -0.05) is 17.7 Å². The molecule has 0 N–H and O–H groups in total. The molecule has 0 spiro atoms. The number of benzene rings is 1. The van der Waals surface area contributed by atoms with Crippen LogP contribution in [0.5, 0.6) is 0 Å².